The van der Waals surface area contributed by atoms with Crippen LogP contribution >= 0.6 is 0 Å². The zero-order valence-electron chi connectivity index (χ0n) is 25.7. The highest BCUT2D eigenvalue weighted by Gasteiger charge is 2.21. The maximum atomic E-state index is 12.6. The molecule has 0 saturated carbocycles. The van der Waals surface area contributed by atoms with Gasteiger partial charge in [0.2, 0.25) is 5.88 Å². The fraction of sp³-hybridized carbons (Fsp3) is 0.419. The minimum Gasteiger partial charge on any atom is -0.493 e. The van der Waals surface area contributed by atoms with E-state index in [4.69, 9.17) is 18.7 Å². The average molecular weight is 606 g/mol. The van der Waals surface area contributed by atoms with Gasteiger partial charge in [0.25, 0.3) is 0 Å². The normalized spacial score (nSPS) is 15.1. The van der Waals surface area contributed by atoms with Crippen molar-refractivity contribution in [3.05, 3.63) is 54.6 Å². The van der Waals surface area contributed by atoms with Gasteiger partial charge < -0.3 is 34.1 Å². The van der Waals surface area contributed by atoms with Gasteiger partial charge in [0.05, 0.1) is 18.0 Å². The number of urea groups is 1. The number of aromatic nitrogens is 3. The molecule has 0 radical (unpaired) electrons. The van der Waals surface area contributed by atoms with E-state index >= 15 is 0 Å². The molecule has 0 aliphatic carbocycles. The molecule has 3 N–H and O–H groups in total. The van der Waals surface area contributed by atoms with E-state index in [9.17, 15) is 9.90 Å². The second-order valence-corrected chi connectivity index (χ2v) is 11.8. The van der Waals surface area contributed by atoms with Gasteiger partial charge in [-0.15, -0.1) is 0 Å². The van der Waals surface area contributed by atoms with E-state index in [0.717, 1.165) is 26.2 Å². The van der Waals surface area contributed by atoms with E-state index < -0.39 is 12.1 Å². The third kappa shape index (κ3) is 7.92. The summed E-state index contributed by atoms with van der Waals surface area (Å²) in [6.45, 7) is 10.4. The number of methoxy groups -OCH3 is 1. The Morgan fingerprint density at radius 1 is 1.07 bits per heavy atom. The van der Waals surface area contributed by atoms with Crippen LogP contribution in [0.15, 0.2) is 53.3 Å². The molecular formula is C31H39N7O6. The van der Waals surface area contributed by atoms with Gasteiger partial charge in [-0.3, -0.25) is 10.2 Å². The molecule has 1 atom stereocenters. The number of amides is 2. The van der Waals surface area contributed by atoms with Crippen molar-refractivity contribution in [3.8, 4) is 23.1 Å². The number of carbonyl (C=O) groups is 1. The molecule has 2 amide bonds. The number of carbonyl (C=O) groups excluding carboxylic acids is 1. The number of piperazine rings is 1. The molecular weight excluding hydrogens is 566 g/mol. The molecule has 3 heterocycles. The molecule has 0 bridgehead atoms. The van der Waals surface area contributed by atoms with Gasteiger partial charge in [0.15, 0.2) is 17.3 Å². The topological polar surface area (TPSA) is 147 Å². The van der Waals surface area contributed by atoms with Crippen LogP contribution in [0, 0.1) is 0 Å². The van der Waals surface area contributed by atoms with Crippen molar-refractivity contribution in [1.29, 1.82) is 0 Å². The molecule has 2 aromatic heterocycles. The van der Waals surface area contributed by atoms with Crippen LogP contribution in [-0.4, -0.2) is 95.7 Å². The zero-order chi connectivity index (χ0) is 31.3. The van der Waals surface area contributed by atoms with Gasteiger partial charge in [-0.1, -0.05) is 32.0 Å². The van der Waals surface area contributed by atoms with Gasteiger partial charge in [0, 0.05) is 62.0 Å². The molecule has 234 valence electrons. The summed E-state index contributed by atoms with van der Waals surface area (Å²) >= 11 is 0. The lowest BCUT2D eigenvalue weighted by molar-refractivity contribution is 0.0498. The van der Waals surface area contributed by atoms with Crippen LogP contribution in [0.25, 0.3) is 10.9 Å². The van der Waals surface area contributed by atoms with Crippen LogP contribution in [-0.2, 0) is 5.41 Å². The fourth-order valence-corrected chi connectivity index (χ4v) is 4.68. The number of aliphatic hydroxyl groups is 1. The number of hydrogen-bond acceptors (Lipinski definition) is 11. The SMILES string of the molecule is COc1cc2c(Oc3cccc(NC(=O)Nc4cc(C(C)(C)C)on4)c3)ncnc2cc1OCC(O)CN1CCN(C)CC1. The highest BCUT2D eigenvalue weighted by molar-refractivity contribution is 5.99. The fourth-order valence-electron chi connectivity index (χ4n) is 4.68. The van der Waals surface area contributed by atoms with Crippen molar-refractivity contribution >= 4 is 28.4 Å². The second-order valence-electron chi connectivity index (χ2n) is 11.8. The Bertz CT molecular complexity index is 1580. The smallest absolute Gasteiger partial charge is 0.324 e. The number of benzene rings is 2. The molecule has 0 spiro atoms. The van der Waals surface area contributed by atoms with Crippen LogP contribution in [0.1, 0.15) is 26.5 Å². The average Bonchev–Trinajstić information content (AvgIpc) is 3.46. The number of likely N-dealkylation sites (N-methyl/N-ethyl adjacent to an activating group) is 1. The van der Waals surface area contributed by atoms with Crippen LogP contribution in [0.5, 0.6) is 23.1 Å². The Morgan fingerprint density at radius 2 is 1.86 bits per heavy atom. The van der Waals surface area contributed by atoms with E-state index in [1.807, 2.05) is 20.8 Å². The summed E-state index contributed by atoms with van der Waals surface area (Å²) in [6, 6.07) is 11.6. The Hall–Kier alpha value is -4.46. The highest BCUT2D eigenvalue weighted by atomic mass is 16.5. The quantitative estimate of drug-likeness (QED) is 0.237. The molecule has 13 heteroatoms. The number of anilines is 2. The molecule has 13 nitrogen and oxygen atoms in total. The molecule has 2 aromatic carbocycles. The molecule has 1 fully saturated rings. The van der Waals surface area contributed by atoms with Crippen molar-refractivity contribution in [2.75, 3.05) is 64.1 Å². The maximum Gasteiger partial charge on any atom is 0.324 e. The number of hydrogen-bond donors (Lipinski definition) is 3. The number of aliphatic hydroxyl groups excluding tert-OH is 1. The van der Waals surface area contributed by atoms with E-state index in [1.54, 1.807) is 49.6 Å². The predicted octanol–water partition coefficient (Wildman–Crippen LogP) is 4.35. The molecule has 1 aliphatic rings. The van der Waals surface area contributed by atoms with Gasteiger partial charge in [-0.25, -0.2) is 14.8 Å². The van der Waals surface area contributed by atoms with Crippen LogP contribution in [0.3, 0.4) is 0 Å². The zero-order valence-corrected chi connectivity index (χ0v) is 25.7. The maximum absolute atomic E-state index is 12.6. The van der Waals surface area contributed by atoms with Crippen LogP contribution in [0.2, 0.25) is 0 Å². The van der Waals surface area contributed by atoms with Gasteiger partial charge in [0.1, 0.15) is 30.5 Å². The van der Waals surface area contributed by atoms with Crippen LogP contribution in [0.4, 0.5) is 16.3 Å². The molecule has 1 aliphatic heterocycles. The summed E-state index contributed by atoms with van der Waals surface area (Å²) < 4.78 is 23.0. The van der Waals surface area contributed by atoms with Gasteiger partial charge in [-0.2, -0.15) is 0 Å². The molecule has 44 heavy (non-hydrogen) atoms. The first kappa shape index (κ1) is 31.0. The lowest BCUT2D eigenvalue weighted by Gasteiger charge is -2.33. The Morgan fingerprint density at radius 3 is 2.59 bits per heavy atom. The minimum atomic E-state index is -0.650. The van der Waals surface area contributed by atoms with E-state index in [2.05, 4.69) is 42.6 Å². The third-order valence-corrected chi connectivity index (χ3v) is 7.18. The Balaban J connectivity index is 1.24. The van der Waals surface area contributed by atoms with Crippen molar-refractivity contribution in [3.63, 3.8) is 0 Å². The first-order valence-corrected chi connectivity index (χ1v) is 14.4. The lowest BCUT2D eigenvalue weighted by atomic mass is 9.93. The highest BCUT2D eigenvalue weighted by Crippen LogP contribution is 2.36. The summed E-state index contributed by atoms with van der Waals surface area (Å²) in [6.07, 6.45) is 0.748. The van der Waals surface area contributed by atoms with E-state index in [1.165, 1.54) is 6.33 Å². The minimum absolute atomic E-state index is 0.116. The number of nitrogens with zero attached hydrogens (tertiary/aromatic N) is 5. The Labute approximate surface area is 256 Å². The first-order valence-electron chi connectivity index (χ1n) is 14.4. The predicted molar refractivity (Wildman–Crippen MR) is 166 cm³/mol. The number of nitrogens with one attached hydrogen (secondary N) is 2. The van der Waals surface area contributed by atoms with Gasteiger partial charge >= 0.3 is 6.03 Å². The van der Waals surface area contributed by atoms with Gasteiger partial charge in [-0.05, 0) is 25.2 Å². The molecule has 1 saturated heterocycles. The number of fused-ring (bicyclic) bond motifs is 1. The van der Waals surface area contributed by atoms with E-state index in [0.29, 0.717) is 57.8 Å². The lowest BCUT2D eigenvalue weighted by Crippen LogP contribution is -2.47. The number of β-amino-alcohol motifs (C(OH)–C–C–N with tert-alkyl or cyclic N) is 1. The van der Waals surface area contributed by atoms with Crippen molar-refractivity contribution < 1.29 is 28.6 Å². The third-order valence-electron chi connectivity index (χ3n) is 7.18. The number of rotatable bonds is 10. The second kappa shape index (κ2) is 13.5. The summed E-state index contributed by atoms with van der Waals surface area (Å²) in [5.74, 6) is 2.64. The van der Waals surface area contributed by atoms with Crippen molar-refractivity contribution in [2.45, 2.75) is 32.3 Å². The summed E-state index contributed by atoms with van der Waals surface area (Å²) in [4.78, 5) is 25.8. The first-order chi connectivity index (χ1) is 21.1. The molecule has 4 aromatic rings. The van der Waals surface area contributed by atoms with E-state index in [-0.39, 0.29) is 12.0 Å². The molecule has 5 rings (SSSR count). The summed E-state index contributed by atoms with van der Waals surface area (Å²) in [5.41, 5.74) is 0.850. The standard InChI is InChI=1S/C31H39N7O6/c1-31(2,3)27-16-28(36-44-27)35-30(40)34-20-7-6-8-22(13-20)43-29-23-14-25(41-5)26(15-24(23)32-19-33-29)42-18-21(39)17-38-11-9-37(4)10-12-38/h6-8,13-16,19,21,39H,9-12,17-18H2,1-5H3,(H2,34,35,36,40). The monoisotopic (exact) mass is 605 g/mol. The number of ether oxygens (including phenoxy) is 3. The largest absolute Gasteiger partial charge is 0.493 e. The Kier molecular flexibility index (Phi) is 9.47. The van der Waals surface area contributed by atoms with Crippen molar-refractivity contribution in [2.24, 2.45) is 0 Å². The van der Waals surface area contributed by atoms with Crippen molar-refractivity contribution in [1.82, 2.24) is 24.9 Å². The van der Waals surface area contributed by atoms with Crippen LogP contribution < -0.4 is 24.8 Å². The summed E-state index contributed by atoms with van der Waals surface area (Å²) in [7, 11) is 3.64. The molecule has 1 unspecified atom stereocenters. The summed E-state index contributed by atoms with van der Waals surface area (Å²) in [5, 5.41) is 20.5.